The Hall–Kier alpha value is -3.92. The lowest BCUT2D eigenvalue weighted by atomic mass is 10.0. The van der Waals surface area contributed by atoms with E-state index in [4.69, 9.17) is 18.9 Å². The zero-order valence-electron chi connectivity index (χ0n) is 17.6. The molecule has 0 fully saturated rings. The van der Waals surface area contributed by atoms with E-state index in [-0.39, 0.29) is 0 Å². The van der Waals surface area contributed by atoms with Crippen molar-refractivity contribution in [2.24, 2.45) is 0 Å². The maximum atomic E-state index is 5.89. The predicted octanol–water partition coefficient (Wildman–Crippen LogP) is 6.88. The normalized spacial score (nSPS) is 10.4. The van der Waals surface area contributed by atoms with Gasteiger partial charge in [0.05, 0.1) is 14.2 Å². The summed E-state index contributed by atoms with van der Waals surface area (Å²) in [6.07, 6.45) is 0.839. The molecule has 4 heteroatoms. The number of benzene rings is 4. The summed E-state index contributed by atoms with van der Waals surface area (Å²) in [6.45, 7) is 0. The Bertz CT molecular complexity index is 993. The standard InChI is InChI=1S/C27H24O4/c1-28-22-11-15-26(16-12-22)30-24-7-3-20(4-8-24)19-21-5-9-25(10-6-21)31-27-17-13-23(29-2)14-18-27/h3-18H,19H2,1-2H3. The van der Waals surface area contributed by atoms with Crippen LogP contribution in [0.1, 0.15) is 11.1 Å². The molecule has 0 spiro atoms. The van der Waals surface area contributed by atoms with Crippen molar-refractivity contribution in [2.75, 3.05) is 14.2 Å². The summed E-state index contributed by atoms with van der Waals surface area (Å²) < 4.78 is 22.1. The van der Waals surface area contributed by atoms with Crippen molar-refractivity contribution in [1.82, 2.24) is 0 Å². The third kappa shape index (κ3) is 5.58. The molecule has 0 aliphatic carbocycles. The van der Waals surface area contributed by atoms with Crippen molar-refractivity contribution in [2.45, 2.75) is 6.42 Å². The van der Waals surface area contributed by atoms with E-state index in [0.29, 0.717) is 0 Å². The topological polar surface area (TPSA) is 36.9 Å². The molecule has 4 aromatic carbocycles. The molecule has 0 aliphatic heterocycles. The van der Waals surface area contributed by atoms with Gasteiger partial charge in [-0.2, -0.15) is 0 Å². The lowest BCUT2D eigenvalue weighted by molar-refractivity contribution is 0.413. The minimum absolute atomic E-state index is 0.779. The fourth-order valence-corrected chi connectivity index (χ4v) is 3.15. The first kappa shape index (κ1) is 20.4. The van der Waals surface area contributed by atoms with E-state index in [2.05, 4.69) is 24.3 Å². The lowest BCUT2D eigenvalue weighted by Crippen LogP contribution is -1.90. The third-order valence-corrected chi connectivity index (χ3v) is 4.85. The Kier molecular flexibility index (Phi) is 6.38. The lowest BCUT2D eigenvalue weighted by Gasteiger charge is -2.09. The fraction of sp³-hybridized carbons (Fsp3) is 0.111. The van der Waals surface area contributed by atoms with E-state index in [0.717, 1.165) is 40.9 Å². The maximum absolute atomic E-state index is 5.89. The van der Waals surface area contributed by atoms with Gasteiger partial charge in [0.15, 0.2) is 0 Å². The number of rotatable bonds is 8. The number of hydrogen-bond donors (Lipinski definition) is 0. The summed E-state index contributed by atoms with van der Waals surface area (Å²) in [5, 5.41) is 0. The first-order chi connectivity index (χ1) is 15.2. The van der Waals surface area contributed by atoms with E-state index in [1.54, 1.807) is 14.2 Å². The van der Waals surface area contributed by atoms with E-state index in [1.807, 2.05) is 72.8 Å². The summed E-state index contributed by atoms with van der Waals surface area (Å²) in [5.74, 6) is 4.78. The van der Waals surface area contributed by atoms with E-state index < -0.39 is 0 Å². The first-order valence-electron chi connectivity index (χ1n) is 10.0. The van der Waals surface area contributed by atoms with Gasteiger partial charge in [0, 0.05) is 0 Å². The summed E-state index contributed by atoms with van der Waals surface area (Å²) in [7, 11) is 3.30. The molecular formula is C27H24O4. The molecule has 0 N–H and O–H groups in total. The predicted molar refractivity (Wildman–Crippen MR) is 122 cm³/mol. The van der Waals surface area contributed by atoms with Crippen molar-refractivity contribution < 1.29 is 18.9 Å². The highest BCUT2D eigenvalue weighted by Gasteiger charge is 2.02. The quantitative estimate of drug-likeness (QED) is 0.316. The van der Waals surface area contributed by atoms with Gasteiger partial charge in [-0.25, -0.2) is 0 Å². The summed E-state index contributed by atoms with van der Waals surface area (Å²) >= 11 is 0. The molecule has 4 rings (SSSR count). The van der Waals surface area contributed by atoms with E-state index in [9.17, 15) is 0 Å². The van der Waals surface area contributed by atoms with Crippen LogP contribution in [0, 0.1) is 0 Å². The van der Waals surface area contributed by atoms with Gasteiger partial charge in [0.2, 0.25) is 0 Å². The van der Waals surface area contributed by atoms with E-state index in [1.165, 1.54) is 11.1 Å². The van der Waals surface area contributed by atoms with Gasteiger partial charge in [0.25, 0.3) is 0 Å². The van der Waals surface area contributed by atoms with Crippen LogP contribution < -0.4 is 18.9 Å². The molecular weight excluding hydrogens is 388 g/mol. The number of hydrogen-bond acceptors (Lipinski definition) is 4. The second-order valence-corrected chi connectivity index (χ2v) is 7.02. The van der Waals surface area contributed by atoms with Crippen molar-refractivity contribution >= 4 is 0 Å². The van der Waals surface area contributed by atoms with Crippen molar-refractivity contribution in [1.29, 1.82) is 0 Å². The molecule has 4 nitrogen and oxygen atoms in total. The Morgan fingerprint density at radius 3 is 0.935 bits per heavy atom. The van der Waals surface area contributed by atoms with Crippen LogP contribution in [0.5, 0.6) is 34.5 Å². The van der Waals surface area contributed by atoms with Crippen molar-refractivity contribution in [3.8, 4) is 34.5 Å². The van der Waals surface area contributed by atoms with Crippen LogP contribution in [0.25, 0.3) is 0 Å². The van der Waals surface area contributed by atoms with Crippen LogP contribution in [0.2, 0.25) is 0 Å². The van der Waals surface area contributed by atoms with Gasteiger partial charge < -0.3 is 18.9 Å². The van der Waals surface area contributed by atoms with Crippen LogP contribution in [0.15, 0.2) is 97.1 Å². The van der Waals surface area contributed by atoms with Gasteiger partial charge in [-0.3, -0.25) is 0 Å². The van der Waals surface area contributed by atoms with Gasteiger partial charge >= 0.3 is 0 Å². The van der Waals surface area contributed by atoms with E-state index >= 15 is 0 Å². The van der Waals surface area contributed by atoms with Gasteiger partial charge in [-0.15, -0.1) is 0 Å². The van der Waals surface area contributed by atoms with Gasteiger partial charge in [-0.1, -0.05) is 24.3 Å². The largest absolute Gasteiger partial charge is 0.497 e. The molecule has 4 aromatic rings. The fourth-order valence-electron chi connectivity index (χ4n) is 3.15. The molecule has 156 valence electrons. The molecule has 0 unspecified atom stereocenters. The zero-order chi connectivity index (χ0) is 21.5. The molecule has 0 saturated carbocycles. The average molecular weight is 412 g/mol. The first-order valence-corrected chi connectivity index (χ1v) is 10.0. The number of ether oxygens (including phenoxy) is 4. The van der Waals surface area contributed by atoms with Gasteiger partial charge in [0.1, 0.15) is 34.5 Å². The molecule has 0 aliphatic rings. The Morgan fingerprint density at radius 2 is 0.645 bits per heavy atom. The molecule has 0 heterocycles. The highest BCUT2D eigenvalue weighted by Crippen LogP contribution is 2.26. The van der Waals surface area contributed by atoms with Crippen LogP contribution in [0.4, 0.5) is 0 Å². The van der Waals surface area contributed by atoms with Crippen molar-refractivity contribution in [3.05, 3.63) is 108 Å². The summed E-state index contributed by atoms with van der Waals surface area (Å²) in [4.78, 5) is 0. The van der Waals surface area contributed by atoms with Crippen LogP contribution >= 0.6 is 0 Å². The van der Waals surface area contributed by atoms with Crippen LogP contribution in [-0.4, -0.2) is 14.2 Å². The monoisotopic (exact) mass is 412 g/mol. The highest BCUT2D eigenvalue weighted by atomic mass is 16.5. The third-order valence-electron chi connectivity index (χ3n) is 4.85. The second-order valence-electron chi connectivity index (χ2n) is 7.02. The molecule has 0 aromatic heterocycles. The SMILES string of the molecule is COc1ccc(Oc2ccc(Cc3ccc(Oc4ccc(OC)cc4)cc3)cc2)cc1. The molecule has 31 heavy (non-hydrogen) atoms. The van der Waals surface area contributed by atoms with Gasteiger partial charge in [-0.05, 0) is 90.3 Å². The summed E-state index contributed by atoms with van der Waals surface area (Å²) in [6, 6.07) is 31.4. The zero-order valence-corrected chi connectivity index (χ0v) is 17.6. The molecule has 0 bridgehead atoms. The van der Waals surface area contributed by atoms with Crippen molar-refractivity contribution in [3.63, 3.8) is 0 Å². The molecule has 0 saturated heterocycles. The molecule has 0 radical (unpaired) electrons. The summed E-state index contributed by atoms with van der Waals surface area (Å²) in [5.41, 5.74) is 2.43. The number of methoxy groups -OCH3 is 2. The highest BCUT2D eigenvalue weighted by molar-refractivity contribution is 5.39. The van der Waals surface area contributed by atoms with Crippen LogP contribution in [-0.2, 0) is 6.42 Å². The molecule has 0 atom stereocenters. The maximum Gasteiger partial charge on any atom is 0.127 e. The smallest absolute Gasteiger partial charge is 0.127 e. The Morgan fingerprint density at radius 1 is 0.387 bits per heavy atom. The molecule has 0 amide bonds. The minimum Gasteiger partial charge on any atom is -0.497 e. The Balaban J connectivity index is 1.34. The minimum atomic E-state index is 0.779. The Labute approximate surface area is 182 Å². The average Bonchev–Trinajstić information content (AvgIpc) is 2.82. The second kappa shape index (κ2) is 9.72. The van der Waals surface area contributed by atoms with Crippen LogP contribution in [0.3, 0.4) is 0 Å².